The van der Waals surface area contributed by atoms with Crippen LogP contribution in [0.5, 0.6) is 11.8 Å². The highest BCUT2D eigenvalue weighted by Crippen LogP contribution is 2.48. The summed E-state index contributed by atoms with van der Waals surface area (Å²) >= 11 is 0. The van der Waals surface area contributed by atoms with E-state index < -0.39 is 6.17 Å². The summed E-state index contributed by atoms with van der Waals surface area (Å²) in [6.45, 7) is 5.04. The number of ether oxygens (including phenoxy) is 2. The third-order valence-electron chi connectivity index (χ3n) is 12.7. The quantitative estimate of drug-likeness (QED) is 0.232. The van der Waals surface area contributed by atoms with Crippen LogP contribution in [0, 0.1) is 0 Å². The predicted molar refractivity (Wildman–Crippen MR) is 203 cm³/mol. The summed E-state index contributed by atoms with van der Waals surface area (Å²) in [6, 6.07) is 19.2. The third kappa shape index (κ3) is 6.30. The predicted octanol–water partition coefficient (Wildman–Crippen LogP) is 5.54. The summed E-state index contributed by atoms with van der Waals surface area (Å²) in [6.07, 6.45) is 6.35. The lowest BCUT2D eigenvalue weighted by Crippen LogP contribution is -2.51. The Balaban J connectivity index is 1.07. The van der Waals surface area contributed by atoms with Crippen molar-refractivity contribution >= 4 is 11.7 Å². The van der Waals surface area contributed by atoms with Gasteiger partial charge in [0.05, 0.1) is 29.0 Å². The molecule has 3 atom stereocenters. The van der Waals surface area contributed by atoms with Crippen LogP contribution >= 0.6 is 0 Å². The molecule has 2 fully saturated rings. The molecule has 0 saturated carbocycles. The van der Waals surface area contributed by atoms with E-state index >= 15 is 0 Å². The van der Waals surface area contributed by atoms with Crippen LogP contribution in [0.25, 0.3) is 0 Å². The molecule has 12 heteroatoms. The molecule has 2 aromatic carbocycles. The standard InChI is InChI=1S/C42H51FN8O3/c1-47(2)39(52)36-20-32-25-49(17-9-19-51(32)46-36)38-34-26-48(3)42(16-7-12-30-13-14-33(21-35(30)42)53-27-29-10-5-4-6-11-29)23-37(34)44-40(45-38)54-28-41-15-8-18-50(41)24-31(43)22-41/h4-6,10-11,13-14,20-21,31H,7-9,12,15-19,22-28H2,1-3H3/t31-,41+,42?/m1/s1. The Hall–Kier alpha value is -4.55. The average molecular weight is 735 g/mol. The van der Waals surface area contributed by atoms with Gasteiger partial charge in [-0.05, 0) is 87.0 Å². The largest absolute Gasteiger partial charge is 0.489 e. The van der Waals surface area contributed by atoms with Crippen LogP contribution in [-0.2, 0) is 44.6 Å². The zero-order valence-corrected chi connectivity index (χ0v) is 31.8. The van der Waals surface area contributed by atoms with E-state index in [2.05, 4.69) is 52.1 Å². The molecule has 9 rings (SSSR count). The lowest BCUT2D eigenvalue weighted by atomic mass is 9.70. The van der Waals surface area contributed by atoms with E-state index in [9.17, 15) is 9.18 Å². The number of carbonyl (C=O) groups is 1. The van der Waals surface area contributed by atoms with Gasteiger partial charge in [-0.3, -0.25) is 19.3 Å². The monoisotopic (exact) mass is 734 g/mol. The molecule has 5 aliphatic rings. The second-order valence-electron chi connectivity index (χ2n) is 16.3. The molecular weight excluding hydrogens is 684 g/mol. The van der Waals surface area contributed by atoms with Crippen molar-refractivity contribution < 1.29 is 18.7 Å². The van der Waals surface area contributed by atoms with E-state index in [-0.39, 0.29) is 17.0 Å². The van der Waals surface area contributed by atoms with Gasteiger partial charge in [-0.2, -0.15) is 15.1 Å². The number of nitrogens with zero attached hydrogens (tertiary/aromatic N) is 8. The maximum Gasteiger partial charge on any atom is 0.318 e. The fraction of sp³-hybridized carbons (Fsp3) is 0.524. The van der Waals surface area contributed by atoms with Gasteiger partial charge in [0.25, 0.3) is 5.91 Å². The number of carbonyl (C=O) groups excluding carboxylic acids is 1. The van der Waals surface area contributed by atoms with Gasteiger partial charge < -0.3 is 19.3 Å². The molecule has 6 heterocycles. The molecule has 1 spiro atoms. The molecule has 2 aromatic heterocycles. The number of anilines is 1. The number of halogens is 1. The van der Waals surface area contributed by atoms with Crippen molar-refractivity contribution in [2.45, 2.75) is 94.9 Å². The molecule has 11 nitrogen and oxygen atoms in total. The van der Waals surface area contributed by atoms with Gasteiger partial charge >= 0.3 is 6.01 Å². The van der Waals surface area contributed by atoms with E-state index in [1.807, 2.05) is 28.9 Å². The van der Waals surface area contributed by atoms with Crippen molar-refractivity contribution in [1.82, 2.24) is 34.4 Å². The second kappa shape index (κ2) is 13.9. The van der Waals surface area contributed by atoms with Crippen LogP contribution in [-0.4, -0.2) is 99.5 Å². The minimum atomic E-state index is -0.830. The van der Waals surface area contributed by atoms with Crippen molar-refractivity contribution in [2.75, 3.05) is 52.3 Å². The van der Waals surface area contributed by atoms with Crippen LogP contribution in [0.15, 0.2) is 54.6 Å². The highest BCUT2D eigenvalue weighted by molar-refractivity contribution is 5.92. The number of likely N-dealkylation sites (N-methyl/N-ethyl adjacent to an activating group) is 1. The lowest BCUT2D eigenvalue weighted by molar-refractivity contribution is 0.0710. The van der Waals surface area contributed by atoms with Crippen molar-refractivity contribution in [3.63, 3.8) is 0 Å². The Labute approximate surface area is 317 Å². The molecule has 4 aromatic rings. The Morgan fingerprint density at radius 2 is 1.85 bits per heavy atom. The van der Waals surface area contributed by atoms with E-state index in [4.69, 9.17) is 24.5 Å². The van der Waals surface area contributed by atoms with Crippen molar-refractivity contribution in [3.8, 4) is 11.8 Å². The number of aromatic nitrogens is 4. The lowest BCUT2D eigenvalue weighted by Gasteiger charge is -2.49. The number of amides is 1. The summed E-state index contributed by atoms with van der Waals surface area (Å²) in [4.78, 5) is 32.0. The number of hydrogen-bond acceptors (Lipinski definition) is 9. The van der Waals surface area contributed by atoms with Crippen molar-refractivity contribution in [2.24, 2.45) is 0 Å². The van der Waals surface area contributed by atoms with E-state index in [0.29, 0.717) is 51.0 Å². The first kappa shape index (κ1) is 35.2. The first-order chi connectivity index (χ1) is 26.2. The highest BCUT2D eigenvalue weighted by Gasteiger charge is 2.50. The van der Waals surface area contributed by atoms with Gasteiger partial charge in [-0.25, -0.2) is 4.39 Å². The Morgan fingerprint density at radius 1 is 0.981 bits per heavy atom. The molecular formula is C42H51FN8O3. The van der Waals surface area contributed by atoms with Crippen molar-refractivity contribution in [3.05, 3.63) is 93.9 Å². The summed E-state index contributed by atoms with van der Waals surface area (Å²) in [5.74, 6) is 1.65. The van der Waals surface area contributed by atoms with Gasteiger partial charge in [0.1, 0.15) is 31.0 Å². The number of fused-ring (bicyclic) bond motifs is 5. The minimum absolute atomic E-state index is 0.103. The molecule has 284 valence electrons. The molecule has 1 aliphatic carbocycles. The number of aryl methyl sites for hydroxylation is 2. The van der Waals surface area contributed by atoms with Gasteiger partial charge in [0.15, 0.2) is 5.69 Å². The zero-order chi connectivity index (χ0) is 37.0. The van der Waals surface area contributed by atoms with Crippen LogP contribution in [0.1, 0.15) is 82.7 Å². The molecule has 0 radical (unpaired) electrons. The molecule has 0 N–H and O–H groups in total. The van der Waals surface area contributed by atoms with Crippen LogP contribution in [0.3, 0.4) is 0 Å². The molecule has 0 bridgehead atoms. The summed E-state index contributed by atoms with van der Waals surface area (Å²) in [5, 5.41) is 4.69. The van der Waals surface area contributed by atoms with Gasteiger partial charge in [-0.15, -0.1) is 0 Å². The van der Waals surface area contributed by atoms with Crippen LogP contribution in [0.2, 0.25) is 0 Å². The number of hydrogen-bond donors (Lipinski definition) is 0. The minimum Gasteiger partial charge on any atom is -0.489 e. The number of rotatable bonds is 8. The van der Waals surface area contributed by atoms with Gasteiger partial charge in [-0.1, -0.05) is 36.4 Å². The molecule has 1 amide bonds. The van der Waals surface area contributed by atoms with Crippen LogP contribution < -0.4 is 14.4 Å². The van der Waals surface area contributed by atoms with E-state index in [1.54, 1.807) is 19.0 Å². The average Bonchev–Trinajstić information content (AvgIpc) is 3.80. The second-order valence-corrected chi connectivity index (χ2v) is 16.3. The summed E-state index contributed by atoms with van der Waals surface area (Å²) < 4.78 is 29.7. The van der Waals surface area contributed by atoms with Crippen molar-refractivity contribution in [1.29, 1.82) is 0 Å². The maximum absolute atomic E-state index is 14.7. The molecule has 4 aliphatic heterocycles. The Kier molecular flexibility index (Phi) is 9.08. The summed E-state index contributed by atoms with van der Waals surface area (Å²) in [7, 11) is 5.75. The molecule has 54 heavy (non-hydrogen) atoms. The molecule has 1 unspecified atom stereocenters. The normalized spacial score (nSPS) is 25.1. The van der Waals surface area contributed by atoms with Crippen LogP contribution in [0.4, 0.5) is 10.2 Å². The SMILES string of the molecule is CN(C)C(=O)c1cc2n(n1)CCCN(c1nc(OC[C@@]34CCCN3C[C@H](F)C4)nc3c1CN(C)C1(CCCc4ccc(OCc5ccccc5)cc41)C3)C2. The smallest absolute Gasteiger partial charge is 0.318 e. The zero-order valence-electron chi connectivity index (χ0n) is 31.8. The number of alkyl halides is 1. The van der Waals surface area contributed by atoms with Gasteiger partial charge in [0.2, 0.25) is 0 Å². The third-order valence-corrected chi connectivity index (χ3v) is 12.7. The van der Waals surface area contributed by atoms with E-state index in [1.165, 1.54) is 11.1 Å². The van der Waals surface area contributed by atoms with Gasteiger partial charge in [0, 0.05) is 58.7 Å². The highest BCUT2D eigenvalue weighted by atomic mass is 19.1. The molecule has 2 saturated heterocycles. The summed E-state index contributed by atoms with van der Waals surface area (Å²) in [5.41, 5.74) is 6.81. The topological polar surface area (TPSA) is 92.1 Å². The number of benzene rings is 2. The van der Waals surface area contributed by atoms with E-state index in [0.717, 1.165) is 98.7 Å². The Bertz CT molecular complexity index is 2040. The maximum atomic E-state index is 14.7. The fourth-order valence-electron chi connectivity index (χ4n) is 9.88. The Morgan fingerprint density at radius 3 is 2.70 bits per heavy atom. The first-order valence-corrected chi connectivity index (χ1v) is 19.7. The first-order valence-electron chi connectivity index (χ1n) is 19.7. The fourth-order valence-corrected chi connectivity index (χ4v) is 9.88.